The SMILES string of the molecule is COc1ccc2[nH]cc(C(C)CN(C)C)c2c1. The molecule has 0 amide bonds. The number of fused-ring (bicyclic) bond motifs is 1. The van der Waals surface area contributed by atoms with Crippen LogP contribution in [-0.4, -0.2) is 37.6 Å². The van der Waals surface area contributed by atoms with Gasteiger partial charge in [0.1, 0.15) is 5.75 Å². The number of rotatable bonds is 4. The Bertz CT molecular complexity index is 502. The molecular formula is C14H20N2O. The largest absolute Gasteiger partial charge is 0.497 e. The van der Waals surface area contributed by atoms with E-state index in [0.29, 0.717) is 5.92 Å². The summed E-state index contributed by atoms with van der Waals surface area (Å²) >= 11 is 0. The van der Waals surface area contributed by atoms with Crippen LogP contribution in [0.25, 0.3) is 10.9 Å². The molecule has 0 fully saturated rings. The lowest BCUT2D eigenvalue weighted by atomic mass is 10.00. The monoisotopic (exact) mass is 232 g/mol. The van der Waals surface area contributed by atoms with Crippen LogP contribution in [-0.2, 0) is 0 Å². The van der Waals surface area contributed by atoms with Gasteiger partial charge in [-0.3, -0.25) is 0 Å². The number of aromatic amines is 1. The first-order valence-electron chi connectivity index (χ1n) is 5.91. The number of hydrogen-bond donors (Lipinski definition) is 1. The van der Waals surface area contributed by atoms with Crippen molar-refractivity contribution in [3.63, 3.8) is 0 Å². The summed E-state index contributed by atoms with van der Waals surface area (Å²) in [6.45, 7) is 3.30. The van der Waals surface area contributed by atoms with Crippen molar-refractivity contribution in [3.8, 4) is 5.75 Å². The van der Waals surface area contributed by atoms with E-state index >= 15 is 0 Å². The molecule has 0 aliphatic rings. The van der Waals surface area contributed by atoms with Crippen LogP contribution in [0.3, 0.4) is 0 Å². The van der Waals surface area contributed by atoms with E-state index < -0.39 is 0 Å². The Kier molecular flexibility index (Phi) is 3.38. The topological polar surface area (TPSA) is 28.3 Å². The summed E-state index contributed by atoms with van der Waals surface area (Å²) in [5, 5.41) is 1.26. The normalized spacial score (nSPS) is 13.2. The van der Waals surface area contributed by atoms with Crippen molar-refractivity contribution < 1.29 is 4.74 Å². The standard InChI is InChI=1S/C14H20N2O/c1-10(9-16(2)3)13-8-15-14-6-5-11(17-4)7-12(13)14/h5-8,10,15H,9H2,1-4H3. The fraction of sp³-hybridized carbons (Fsp3) is 0.429. The molecule has 2 aromatic rings. The molecule has 0 aliphatic heterocycles. The van der Waals surface area contributed by atoms with Crippen LogP contribution in [0.5, 0.6) is 5.75 Å². The Hall–Kier alpha value is -1.48. The number of aromatic nitrogens is 1. The van der Waals surface area contributed by atoms with Crippen molar-refractivity contribution in [2.45, 2.75) is 12.8 Å². The highest BCUT2D eigenvalue weighted by Gasteiger charge is 2.12. The quantitative estimate of drug-likeness (QED) is 0.878. The molecule has 1 atom stereocenters. The first-order chi connectivity index (χ1) is 8.11. The lowest BCUT2D eigenvalue weighted by Crippen LogP contribution is -2.18. The van der Waals surface area contributed by atoms with Crippen molar-refractivity contribution in [2.75, 3.05) is 27.7 Å². The third kappa shape index (κ3) is 2.44. The lowest BCUT2D eigenvalue weighted by Gasteiger charge is -2.16. The smallest absolute Gasteiger partial charge is 0.119 e. The summed E-state index contributed by atoms with van der Waals surface area (Å²) in [6.07, 6.45) is 2.11. The molecule has 2 rings (SSSR count). The van der Waals surface area contributed by atoms with Gasteiger partial charge >= 0.3 is 0 Å². The Morgan fingerprint density at radius 2 is 2.12 bits per heavy atom. The molecule has 3 nitrogen and oxygen atoms in total. The van der Waals surface area contributed by atoms with Crippen molar-refractivity contribution >= 4 is 10.9 Å². The molecule has 1 heterocycles. The van der Waals surface area contributed by atoms with Crippen LogP contribution in [0.2, 0.25) is 0 Å². The van der Waals surface area contributed by atoms with Crippen LogP contribution in [0.1, 0.15) is 18.4 Å². The zero-order valence-electron chi connectivity index (χ0n) is 10.9. The Morgan fingerprint density at radius 1 is 1.35 bits per heavy atom. The highest BCUT2D eigenvalue weighted by molar-refractivity contribution is 5.85. The number of nitrogens with one attached hydrogen (secondary N) is 1. The van der Waals surface area contributed by atoms with E-state index in [1.807, 2.05) is 6.07 Å². The highest BCUT2D eigenvalue weighted by atomic mass is 16.5. The van der Waals surface area contributed by atoms with Crippen LogP contribution >= 0.6 is 0 Å². The molecule has 0 saturated carbocycles. The molecule has 0 saturated heterocycles. The number of ether oxygens (including phenoxy) is 1. The highest BCUT2D eigenvalue weighted by Crippen LogP contribution is 2.28. The fourth-order valence-electron chi connectivity index (χ4n) is 2.30. The van der Waals surface area contributed by atoms with Crippen LogP contribution < -0.4 is 4.74 Å². The minimum Gasteiger partial charge on any atom is -0.497 e. The molecule has 1 aromatic carbocycles. The molecule has 1 N–H and O–H groups in total. The van der Waals surface area contributed by atoms with Crippen molar-refractivity contribution in [1.82, 2.24) is 9.88 Å². The number of hydrogen-bond acceptors (Lipinski definition) is 2. The summed E-state index contributed by atoms with van der Waals surface area (Å²) in [4.78, 5) is 5.53. The average Bonchev–Trinajstić information content (AvgIpc) is 2.70. The molecule has 92 valence electrons. The van der Waals surface area contributed by atoms with Crippen LogP contribution in [0, 0.1) is 0 Å². The molecule has 1 aromatic heterocycles. The Morgan fingerprint density at radius 3 is 2.76 bits per heavy atom. The molecule has 17 heavy (non-hydrogen) atoms. The van der Waals surface area contributed by atoms with Gasteiger partial charge in [-0.1, -0.05) is 6.92 Å². The summed E-state index contributed by atoms with van der Waals surface area (Å²) in [5.41, 5.74) is 2.53. The first kappa shape index (κ1) is 12.0. The predicted molar refractivity (Wildman–Crippen MR) is 71.8 cm³/mol. The van der Waals surface area contributed by atoms with Gasteiger partial charge in [0.05, 0.1) is 7.11 Å². The number of H-pyrrole nitrogens is 1. The second kappa shape index (κ2) is 4.80. The maximum Gasteiger partial charge on any atom is 0.119 e. The van der Waals surface area contributed by atoms with Gasteiger partial charge in [-0.15, -0.1) is 0 Å². The maximum absolute atomic E-state index is 5.28. The zero-order chi connectivity index (χ0) is 12.4. The Balaban J connectivity index is 2.39. The second-order valence-electron chi connectivity index (χ2n) is 4.82. The van der Waals surface area contributed by atoms with E-state index in [1.165, 1.54) is 16.5 Å². The van der Waals surface area contributed by atoms with Gasteiger partial charge in [0.2, 0.25) is 0 Å². The zero-order valence-corrected chi connectivity index (χ0v) is 10.9. The molecule has 0 aliphatic carbocycles. The molecule has 3 heteroatoms. The van der Waals surface area contributed by atoms with Gasteiger partial charge in [0.15, 0.2) is 0 Å². The minimum absolute atomic E-state index is 0.505. The number of methoxy groups -OCH3 is 1. The van der Waals surface area contributed by atoms with E-state index in [-0.39, 0.29) is 0 Å². The maximum atomic E-state index is 5.28. The van der Waals surface area contributed by atoms with Crippen molar-refractivity contribution in [3.05, 3.63) is 30.0 Å². The predicted octanol–water partition coefficient (Wildman–Crippen LogP) is 2.84. The average molecular weight is 232 g/mol. The van der Waals surface area contributed by atoms with Gasteiger partial charge in [-0.25, -0.2) is 0 Å². The van der Waals surface area contributed by atoms with Gasteiger partial charge < -0.3 is 14.6 Å². The molecule has 0 spiro atoms. The van der Waals surface area contributed by atoms with Gasteiger partial charge in [0, 0.05) is 23.6 Å². The summed E-state index contributed by atoms with van der Waals surface area (Å²) in [6, 6.07) is 6.16. The lowest BCUT2D eigenvalue weighted by molar-refractivity contribution is 0.384. The summed E-state index contributed by atoms with van der Waals surface area (Å²) in [5.74, 6) is 1.42. The molecule has 0 bridgehead atoms. The van der Waals surface area contributed by atoms with Gasteiger partial charge in [-0.2, -0.15) is 0 Å². The molecule has 1 unspecified atom stereocenters. The third-order valence-corrected chi connectivity index (χ3v) is 3.09. The van der Waals surface area contributed by atoms with E-state index in [1.54, 1.807) is 7.11 Å². The number of likely N-dealkylation sites (N-methyl/N-ethyl adjacent to an activating group) is 1. The van der Waals surface area contributed by atoms with E-state index in [2.05, 4.69) is 49.2 Å². The third-order valence-electron chi connectivity index (χ3n) is 3.09. The van der Waals surface area contributed by atoms with Crippen LogP contribution in [0.4, 0.5) is 0 Å². The van der Waals surface area contributed by atoms with Crippen molar-refractivity contribution in [1.29, 1.82) is 0 Å². The van der Waals surface area contributed by atoms with Crippen molar-refractivity contribution in [2.24, 2.45) is 0 Å². The van der Waals surface area contributed by atoms with E-state index in [4.69, 9.17) is 4.74 Å². The summed E-state index contributed by atoms with van der Waals surface area (Å²) < 4.78 is 5.28. The fourth-order valence-corrected chi connectivity index (χ4v) is 2.30. The van der Waals surface area contributed by atoms with E-state index in [0.717, 1.165) is 12.3 Å². The summed E-state index contributed by atoms with van der Waals surface area (Å²) in [7, 11) is 5.91. The molecular weight excluding hydrogens is 212 g/mol. The number of nitrogens with zero attached hydrogens (tertiary/aromatic N) is 1. The number of benzene rings is 1. The van der Waals surface area contributed by atoms with Gasteiger partial charge in [0.25, 0.3) is 0 Å². The minimum atomic E-state index is 0.505. The van der Waals surface area contributed by atoms with Gasteiger partial charge in [-0.05, 0) is 43.8 Å². The second-order valence-corrected chi connectivity index (χ2v) is 4.82. The van der Waals surface area contributed by atoms with E-state index in [9.17, 15) is 0 Å². The Labute approximate surface area is 102 Å². The molecule has 0 radical (unpaired) electrons. The van der Waals surface area contributed by atoms with Crippen LogP contribution in [0.15, 0.2) is 24.4 Å². The first-order valence-corrected chi connectivity index (χ1v) is 5.91.